The molecule has 2 amide bonds. The minimum absolute atomic E-state index is 0.0906. The van der Waals surface area contributed by atoms with Crippen LogP contribution in [0.3, 0.4) is 0 Å². The molecule has 1 atom stereocenters. The van der Waals surface area contributed by atoms with Crippen LogP contribution in [0.5, 0.6) is 0 Å². The van der Waals surface area contributed by atoms with E-state index < -0.39 is 6.04 Å². The van der Waals surface area contributed by atoms with Crippen molar-refractivity contribution in [3.63, 3.8) is 0 Å². The second-order valence-electron chi connectivity index (χ2n) is 5.61. The molecule has 24 heavy (non-hydrogen) atoms. The van der Waals surface area contributed by atoms with E-state index in [1.165, 1.54) is 11.6 Å². The van der Waals surface area contributed by atoms with E-state index in [1.54, 1.807) is 12.1 Å². The number of nitrogens with one attached hydrogen (secondary N) is 1. The molecule has 1 unspecified atom stereocenters. The molecule has 2 aromatic rings. The summed E-state index contributed by atoms with van der Waals surface area (Å²) in [7, 11) is 0. The number of hydrogen-bond acceptors (Lipinski definition) is 3. The number of halogens is 2. The lowest BCUT2D eigenvalue weighted by Crippen LogP contribution is -2.35. The molecular weight excluding hydrogens is 347 g/mol. The van der Waals surface area contributed by atoms with Gasteiger partial charge in [-0.3, -0.25) is 9.59 Å². The molecule has 2 aromatic carbocycles. The maximum absolute atomic E-state index is 12.6. The van der Waals surface area contributed by atoms with Crippen molar-refractivity contribution in [2.24, 2.45) is 0 Å². The SMILES string of the molecule is CCc1ccc(NC2CC(=O)N(c3ccc(Cl)cc3Cl)C2=O)cc1. The van der Waals surface area contributed by atoms with Gasteiger partial charge in [-0.15, -0.1) is 0 Å². The van der Waals surface area contributed by atoms with Crippen LogP contribution < -0.4 is 10.2 Å². The van der Waals surface area contributed by atoms with Crippen molar-refractivity contribution in [2.75, 3.05) is 10.2 Å². The molecule has 1 fully saturated rings. The number of anilines is 2. The normalized spacial score (nSPS) is 17.5. The largest absolute Gasteiger partial charge is 0.373 e. The van der Waals surface area contributed by atoms with Crippen LogP contribution in [0.25, 0.3) is 0 Å². The van der Waals surface area contributed by atoms with Gasteiger partial charge in [0.2, 0.25) is 5.91 Å². The number of rotatable bonds is 4. The summed E-state index contributed by atoms with van der Waals surface area (Å²) in [5.74, 6) is -0.601. The van der Waals surface area contributed by atoms with Crippen LogP contribution in [0.15, 0.2) is 42.5 Å². The first-order chi connectivity index (χ1) is 11.5. The van der Waals surface area contributed by atoms with Gasteiger partial charge in [0.25, 0.3) is 5.91 Å². The minimum Gasteiger partial charge on any atom is -0.373 e. The van der Waals surface area contributed by atoms with E-state index in [4.69, 9.17) is 23.2 Å². The van der Waals surface area contributed by atoms with Crippen molar-refractivity contribution in [3.8, 4) is 0 Å². The Labute approximate surface area is 150 Å². The van der Waals surface area contributed by atoms with Crippen LogP contribution in [0, 0.1) is 0 Å². The van der Waals surface area contributed by atoms with Gasteiger partial charge in [-0.25, -0.2) is 4.90 Å². The van der Waals surface area contributed by atoms with Gasteiger partial charge >= 0.3 is 0 Å². The molecule has 4 nitrogen and oxygen atoms in total. The summed E-state index contributed by atoms with van der Waals surface area (Å²) in [6, 6.07) is 11.9. The van der Waals surface area contributed by atoms with Crippen molar-refractivity contribution >= 4 is 46.4 Å². The molecule has 0 bridgehead atoms. The highest BCUT2D eigenvalue weighted by molar-refractivity contribution is 6.38. The molecule has 1 aliphatic heterocycles. The van der Waals surface area contributed by atoms with E-state index >= 15 is 0 Å². The summed E-state index contributed by atoms with van der Waals surface area (Å²) in [5, 5.41) is 3.85. The highest BCUT2D eigenvalue weighted by Gasteiger charge is 2.40. The maximum Gasteiger partial charge on any atom is 0.256 e. The molecule has 124 valence electrons. The lowest BCUT2D eigenvalue weighted by molar-refractivity contribution is -0.121. The van der Waals surface area contributed by atoms with Crippen LogP contribution in [0.2, 0.25) is 10.0 Å². The van der Waals surface area contributed by atoms with Crippen LogP contribution in [0.4, 0.5) is 11.4 Å². The van der Waals surface area contributed by atoms with E-state index in [-0.39, 0.29) is 23.3 Å². The van der Waals surface area contributed by atoms with Crippen LogP contribution in [0.1, 0.15) is 18.9 Å². The number of benzene rings is 2. The zero-order valence-corrected chi connectivity index (χ0v) is 14.6. The van der Waals surface area contributed by atoms with Crippen molar-refractivity contribution in [3.05, 3.63) is 58.1 Å². The highest BCUT2D eigenvalue weighted by Crippen LogP contribution is 2.33. The third-order valence-corrected chi connectivity index (χ3v) is 4.54. The summed E-state index contributed by atoms with van der Waals surface area (Å²) in [6.07, 6.45) is 1.04. The fraction of sp³-hybridized carbons (Fsp3) is 0.222. The summed E-state index contributed by atoms with van der Waals surface area (Å²) in [6.45, 7) is 2.08. The average molecular weight is 363 g/mol. The number of nitrogens with zero attached hydrogens (tertiary/aromatic N) is 1. The van der Waals surface area contributed by atoms with E-state index in [0.29, 0.717) is 10.7 Å². The zero-order chi connectivity index (χ0) is 17.3. The van der Waals surface area contributed by atoms with Gasteiger partial charge in [0.15, 0.2) is 0 Å². The summed E-state index contributed by atoms with van der Waals surface area (Å²) < 4.78 is 0. The predicted octanol–water partition coefficient (Wildman–Crippen LogP) is 4.30. The molecule has 0 spiro atoms. The van der Waals surface area contributed by atoms with Gasteiger partial charge in [-0.2, -0.15) is 0 Å². The number of amides is 2. The number of carbonyl (C=O) groups is 2. The predicted molar refractivity (Wildman–Crippen MR) is 96.8 cm³/mol. The van der Waals surface area contributed by atoms with Gasteiger partial charge in [0.05, 0.1) is 17.1 Å². The summed E-state index contributed by atoms with van der Waals surface area (Å²) in [4.78, 5) is 26.1. The second-order valence-corrected chi connectivity index (χ2v) is 6.46. The molecule has 1 N–H and O–H groups in total. The fourth-order valence-electron chi connectivity index (χ4n) is 2.70. The molecule has 0 saturated carbocycles. The van der Waals surface area contributed by atoms with Crippen molar-refractivity contribution in [1.82, 2.24) is 0 Å². The Hall–Kier alpha value is -2.04. The second kappa shape index (κ2) is 6.83. The van der Waals surface area contributed by atoms with Crippen LogP contribution in [-0.2, 0) is 16.0 Å². The van der Waals surface area contributed by atoms with E-state index in [9.17, 15) is 9.59 Å². The Kier molecular flexibility index (Phi) is 4.78. The Morgan fingerprint density at radius 1 is 1.12 bits per heavy atom. The van der Waals surface area contributed by atoms with Crippen molar-refractivity contribution in [1.29, 1.82) is 0 Å². The Morgan fingerprint density at radius 2 is 1.83 bits per heavy atom. The third kappa shape index (κ3) is 3.25. The zero-order valence-electron chi connectivity index (χ0n) is 13.1. The van der Waals surface area contributed by atoms with Gasteiger partial charge in [-0.1, -0.05) is 42.3 Å². The molecule has 1 heterocycles. The quantitative estimate of drug-likeness (QED) is 0.824. The standard InChI is InChI=1S/C18H16Cl2N2O2/c1-2-11-3-6-13(7-4-11)21-15-10-17(23)22(18(15)24)16-8-5-12(19)9-14(16)20/h3-9,15,21H,2,10H2,1H3. The first-order valence-corrected chi connectivity index (χ1v) is 8.42. The monoisotopic (exact) mass is 362 g/mol. The average Bonchev–Trinajstić information content (AvgIpc) is 2.83. The summed E-state index contributed by atoms with van der Waals surface area (Å²) >= 11 is 12.0. The molecular formula is C18H16Cl2N2O2. The Bertz CT molecular complexity index is 790. The molecule has 0 aliphatic carbocycles. The number of hydrogen-bond donors (Lipinski definition) is 1. The van der Waals surface area contributed by atoms with Gasteiger partial charge in [0, 0.05) is 10.7 Å². The molecule has 3 rings (SSSR count). The lowest BCUT2D eigenvalue weighted by Gasteiger charge is -2.17. The third-order valence-electron chi connectivity index (χ3n) is 4.00. The molecule has 6 heteroatoms. The maximum atomic E-state index is 12.6. The Balaban J connectivity index is 1.80. The lowest BCUT2D eigenvalue weighted by atomic mass is 10.1. The number of carbonyl (C=O) groups excluding carboxylic acids is 2. The first kappa shape index (κ1) is 16.8. The minimum atomic E-state index is -0.600. The first-order valence-electron chi connectivity index (χ1n) is 7.67. The van der Waals surface area contributed by atoms with Gasteiger partial charge in [0.1, 0.15) is 6.04 Å². The molecule has 0 aromatic heterocycles. The van der Waals surface area contributed by atoms with Gasteiger partial charge in [-0.05, 0) is 42.3 Å². The number of imide groups is 1. The smallest absolute Gasteiger partial charge is 0.256 e. The molecule has 0 radical (unpaired) electrons. The van der Waals surface area contributed by atoms with Crippen LogP contribution in [-0.4, -0.2) is 17.9 Å². The van der Waals surface area contributed by atoms with Gasteiger partial charge < -0.3 is 5.32 Å². The van der Waals surface area contributed by atoms with Crippen LogP contribution >= 0.6 is 23.2 Å². The van der Waals surface area contributed by atoms with E-state index in [0.717, 1.165) is 17.0 Å². The van der Waals surface area contributed by atoms with Crippen molar-refractivity contribution in [2.45, 2.75) is 25.8 Å². The molecule has 1 saturated heterocycles. The Morgan fingerprint density at radius 3 is 2.46 bits per heavy atom. The van der Waals surface area contributed by atoms with Crippen molar-refractivity contribution < 1.29 is 9.59 Å². The topological polar surface area (TPSA) is 49.4 Å². The highest BCUT2D eigenvalue weighted by atomic mass is 35.5. The summed E-state index contributed by atoms with van der Waals surface area (Å²) in [5.41, 5.74) is 2.38. The van der Waals surface area contributed by atoms with E-state index in [2.05, 4.69) is 12.2 Å². The van der Waals surface area contributed by atoms with E-state index in [1.807, 2.05) is 24.3 Å². The number of aryl methyl sites for hydroxylation is 1. The fourth-order valence-corrected chi connectivity index (χ4v) is 3.19. The molecule has 1 aliphatic rings.